The Morgan fingerprint density at radius 1 is 0.522 bits per heavy atom. The van der Waals surface area contributed by atoms with Crippen molar-refractivity contribution in [2.45, 2.75) is 92.2 Å². The van der Waals surface area contributed by atoms with Crippen molar-refractivity contribution in [3.8, 4) is 78.6 Å². The number of fused-ring (bicyclic) bond motifs is 1. The van der Waals surface area contributed by atoms with Crippen molar-refractivity contribution in [2.75, 3.05) is 7.11 Å². The van der Waals surface area contributed by atoms with Gasteiger partial charge in [0.25, 0.3) is 0 Å². The number of ether oxygens (including phenoxy) is 1. The van der Waals surface area contributed by atoms with Gasteiger partial charge >= 0.3 is 0 Å². The Labute approximate surface area is 416 Å². The summed E-state index contributed by atoms with van der Waals surface area (Å²) in [5, 5.41) is 0. The molecule has 0 aliphatic heterocycles. The molecule has 0 aliphatic carbocycles. The lowest BCUT2D eigenvalue weighted by molar-refractivity contribution is 0.413. The normalized spacial score (nSPS) is 15.6. The largest absolute Gasteiger partial charge is 0.496 e. The molecule has 67 heavy (non-hydrogen) atoms. The van der Waals surface area contributed by atoms with Crippen LogP contribution < -0.4 is 4.74 Å². The van der Waals surface area contributed by atoms with Gasteiger partial charge in [-0.05, 0) is 140 Å². The van der Waals surface area contributed by atoms with Crippen LogP contribution in [-0.2, 0) is 16.2 Å². The molecule has 9 rings (SSSR count). The number of benzene rings is 7. The molecule has 0 aliphatic rings. The molecule has 0 radical (unpaired) electrons. The molecule has 4 nitrogen and oxygen atoms in total. The SMILES string of the molecule is [2H]c1c([2H])c(C(C([2H])([2H])[2H])(C([2H])([2H])[2H])C([2H])([2H])[2H])c([2H])c([2H])c1-c1ccnc(-c2cc(-c3ccccc3)cc(-c3cccc4c3nc(-c3cc(C)cc(C)c3OC)n4-c3cc(C(C)(C)C)ccc3-c3ccc(C(C)(C)C)cc3)c2)c1. The first kappa shape index (κ1) is 31.8. The van der Waals surface area contributed by atoms with Crippen LogP contribution in [0.15, 0.2) is 164 Å². The maximum atomic E-state index is 9.20. The summed E-state index contributed by atoms with van der Waals surface area (Å²) in [7, 11) is 1.68. The lowest BCUT2D eigenvalue weighted by atomic mass is 9.84. The van der Waals surface area contributed by atoms with Gasteiger partial charge in [0.1, 0.15) is 11.6 Å². The van der Waals surface area contributed by atoms with Crippen molar-refractivity contribution in [2.24, 2.45) is 0 Å². The average molecular weight is 891 g/mol. The summed E-state index contributed by atoms with van der Waals surface area (Å²) >= 11 is 0. The van der Waals surface area contributed by atoms with E-state index in [0.29, 0.717) is 28.3 Å². The lowest BCUT2D eigenvalue weighted by Gasteiger charge is -2.24. The molecule has 2 heterocycles. The summed E-state index contributed by atoms with van der Waals surface area (Å²) in [4.78, 5) is 10.4. The first-order chi connectivity index (χ1) is 37.3. The summed E-state index contributed by atoms with van der Waals surface area (Å²) in [6, 6.07) is 40.8. The molecule has 336 valence electrons. The van der Waals surface area contributed by atoms with Gasteiger partial charge in [-0.2, -0.15) is 0 Å². The Hall–Kier alpha value is -7.04. The predicted octanol–water partition coefficient (Wildman–Crippen LogP) is 16.9. The van der Waals surface area contributed by atoms with Crippen molar-refractivity contribution >= 4 is 11.0 Å². The molecule has 0 saturated carbocycles. The van der Waals surface area contributed by atoms with Crippen LogP contribution in [-0.4, -0.2) is 21.6 Å². The molecular weight excluding hydrogens is 815 g/mol. The van der Waals surface area contributed by atoms with E-state index >= 15 is 0 Å². The van der Waals surface area contributed by atoms with E-state index in [9.17, 15) is 2.74 Å². The van der Waals surface area contributed by atoms with Gasteiger partial charge in [-0.25, -0.2) is 4.98 Å². The second-order valence-corrected chi connectivity index (χ2v) is 19.5. The molecule has 4 heteroatoms. The molecule has 0 fully saturated rings. The van der Waals surface area contributed by atoms with Crippen molar-refractivity contribution in [1.82, 2.24) is 14.5 Å². The van der Waals surface area contributed by atoms with Crippen LogP contribution in [0.2, 0.25) is 0 Å². The molecule has 0 saturated heterocycles. The number of hydrogen-bond acceptors (Lipinski definition) is 3. The number of rotatable bonds is 8. The van der Waals surface area contributed by atoms with Crippen molar-refractivity contribution < 1.29 is 22.6 Å². The van der Waals surface area contributed by atoms with E-state index in [4.69, 9.17) is 29.8 Å². The van der Waals surface area contributed by atoms with E-state index in [2.05, 4.69) is 120 Å². The van der Waals surface area contributed by atoms with E-state index in [1.165, 1.54) is 17.8 Å². The van der Waals surface area contributed by atoms with Gasteiger partial charge in [0.05, 0.1) is 40.6 Å². The number of para-hydroxylation sites is 1. The monoisotopic (exact) mass is 891 g/mol. The minimum absolute atomic E-state index is 0.0488. The molecule has 0 N–H and O–H groups in total. The summed E-state index contributed by atoms with van der Waals surface area (Å²) < 4.78 is 120. The van der Waals surface area contributed by atoms with E-state index < -0.39 is 55.7 Å². The van der Waals surface area contributed by atoms with Gasteiger partial charge in [-0.1, -0.05) is 171 Å². The molecule has 2 aromatic heterocycles. The number of hydrogen-bond donors (Lipinski definition) is 0. The van der Waals surface area contributed by atoms with Gasteiger partial charge in [0, 0.05) is 35.2 Å². The zero-order valence-corrected chi connectivity index (χ0v) is 39.5. The van der Waals surface area contributed by atoms with Crippen LogP contribution in [0.1, 0.15) is 108 Å². The standard InChI is InChI=1S/C63H63N3O/c1-40-33-41(2)59(67-12)54(34-40)60-65-58-53(19-16-20-56(58)66(60)57-39-51(63(9,10)11)29-30-52(57)44-23-27-50(28-24-44)62(6,7)8)47-35-46(42-17-14-13-15-18-42)36-48(37-47)55-38-45(31-32-64-55)43-21-25-49(26-22-43)61(3,4)5/h13-39H,1-12H3/i3D3,4D3,5D3,21D,22D,25D,26D. The van der Waals surface area contributed by atoms with Gasteiger partial charge in [0.15, 0.2) is 0 Å². The first-order valence-corrected chi connectivity index (χ1v) is 22.5. The van der Waals surface area contributed by atoms with Gasteiger partial charge in [-0.15, -0.1) is 0 Å². The third-order valence-electron chi connectivity index (χ3n) is 12.4. The highest BCUT2D eigenvalue weighted by Crippen LogP contribution is 2.44. The molecular formula is C63H63N3O. The van der Waals surface area contributed by atoms with Gasteiger partial charge in [-0.3, -0.25) is 9.55 Å². The lowest BCUT2D eigenvalue weighted by Crippen LogP contribution is -2.13. The molecule has 0 unspecified atom stereocenters. The van der Waals surface area contributed by atoms with Crippen LogP contribution in [0.4, 0.5) is 0 Å². The smallest absolute Gasteiger partial charge is 0.149 e. The summed E-state index contributed by atoms with van der Waals surface area (Å²) in [6.07, 6.45) is 1.45. The van der Waals surface area contributed by atoms with Gasteiger partial charge < -0.3 is 4.74 Å². The Morgan fingerprint density at radius 3 is 1.90 bits per heavy atom. The Morgan fingerprint density at radius 2 is 1.21 bits per heavy atom. The molecule has 0 spiro atoms. The topological polar surface area (TPSA) is 39.9 Å². The molecule has 0 atom stereocenters. The number of aryl methyl sites for hydroxylation is 2. The molecule has 0 amide bonds. The Balaban J connectivity index is 1.31. The number of pyridine rings is 1. The second-order valence-electron chi connectivity index (χ2n) is 19.5. The highest BCUT2D eigenvalue weighted by atomic mass is 16.5. The summed E-state index contributed by atoms with van der Waals surface area (Å²) in [6.45, 7) is 5.89. The first-order valence-electron chi connectivity index (χ1n) is 29.0. The van der Waals surface area contributed by atoms with Crippen molar-refractivity contribution in [1.29, 1.82) is 0 Å². The zero-order valence-electron chi connectivity index (χ0n) is 52.5. The quantitative estimate of drug-likeness (QED) is 0.153. The number of imidazole rings is 1. The molecule has 0 bridgehead atoms. The van der Waals surface area contributed by atoms with E-state index in [1.54, 1.807) is 13.2 Å². The van der Waals surface area contributed by atoms with Crippen LogP contribution in [0.3, 0.4) is 0 Å². The third-order valence-corrected chi connectivity index (χ3v) is 12.4. The van der Waals surface area contributed by atoms with Crippen molar-refractivity contribution in [3.05, 3.63) is 192 Å². The zero-order chi connectivity index (χ0) is 58.4. The van der Waals surface area contributed by atoms with Crippen LogP contribution in [0.25, 0.3) is 83.9 Å². The third kappa shape index (κ3) is 8.98. The minimum Gasteiger partial charge on any atom is -0.496 e. The van der Waals surface area contributed by atoms with Crippen LogP contribution >= 0.6 is 0 Å². The van der Waals surface area contributed by atoms with Crippen LogP contribution in [0, 0.1) is 13.8 Å². The number of aromatic nitrogens is 3. The maximum absolute atomic E-state index is 9.20. The summed E-state index contributed by atoms with van der Waals surface area (Å²) in [5.41, 5.74) is 8.49. The highest BCUT2D eigenvalue weighted by molar-refractivity contribution is 5.98. The fraction of sp³-hybridized carbons (Fsp3) is 0.238. The van der Waals surface area contributed by atoms with Crippen molar-refractivity contribution in [3.63, 3.8) is 0 Å². The van der Waals surface area contributed by atoms with Crippen LogP contribution in [0.5, 0.6) is 5.75 Å². The summed E-state index contributed by atoms with van der Waals surface area (Å²) in [5.74, 6) is 1.36. The fourth-order valence-corrected chi connectivity index (χ4v) is 8.84. The Kier molecular flexibility index (Phi) is 8.22. The predicted molar refractivity (Wildman–Crippen MR) is 284 cm³/mol. The molecule has 9 aromatic rings. The highest BCUT2D eigenvalue weighted by Gasteiger charge is 2.26. The van der Waals surface area contributed by atoms with E-state index in [0.717, 1.165) is 66.8 Å². The molecule has 7 aromatic carbocycles. The second kappa shape index (κ2) is 17.3. The number of nitrogens with zero attached hydrogens (tertiary/aromatic N) is 3. The minimum atomic E-state index is -3.81. The van der Waals surface area contributed by atoms with E-state index in [-0.39, 0.29) is 22.0 Å². The number of methoxy groups -OCH3 is 1. The Bertz CT molecular complexity index is 3800. The van der Waals surface area contributed by atoms with E-state index in [1.807, 2.05) is 61.5 Å². The average Bonchev–Trinajstić information content (AvgIpc) is 2.89. The van der Waals surface area contributed by atoms with Gasteiger partial charge in [0.2, 0.25) is 0 Å². The maximum Gasteiger partial charge on any atom is 0.149 e. The fourth-order valence-electron chi connectivity index (χ4n) is 8.84.